The van der Waals surface area contributed by atoms with Gasteiger partial charge in [0.05, 0.1) is 24.2 Å². The number of hydrogen-bond acceptors (Lipinski definition) is 6. The third-order valence-corrected chi connectivity index (χ3v) is 4.75. The number of halogens is 1. The number of rotatable bonds is 6. The van der Waals surface area contributed by atoms with Gasteiger partial charge in [-0.2, -0.15) is 0 Å². The van der Waals surface area contributed by atoms with E-state index in [1.807, 2.05) is 24.3 Å². The molecule has 1 aromatic carbocycles. The molecule has 0 saturated carbocycles. The number of nitro groups is 1. The zero-order valence-corrected chi connectivity index (χ0v) is 15.3. The van der Waals surface area contributed by atoms with Crippen molar-refractivity contribution >= 4 is 23.1 Å². The van der Waals surface area contributed by atoms with Gasteiger partial charge in [0, 0.05) is 30.2 Å². The molecule has 0 radical (unpaired) electrons. The van der Waals surface area contributed by atoms with Crippen molar-refractivity contribution < 1.29 is 9.66 Å². The minimum atomic E-state index is -0.420. The standard InChI is InChI=1S/C18H21ClN4O3/c1-13-10-18(20-11-16(13)23(24)25)21-12-17(22-6-8-26-9-7-22)14-2-4-15(19)5-3-14/h2-5,10-11,17H,6-9,12H2,1H3,(H,20,21). The van der Waals surface area contributed by atoms with E-state index < -0.39 is 4.92 Å². The summed E-state index contributed by atoms with van der Waals surface area (Å²) in [6.45, 7) is 5.46. The van der Waals surface area contributed by atoms with Crippen LogP contribution in [0.5, 0.6) is 0 Å². The molecule has 0 amide bonds. The van der Waals surface area contributed by atoms with E-state index in [1.165, 1.54) is 6.20 Å². The number of aromatic nitrogens is 1. The van der Waals surface area contributed by atoms with E-state index in [4.69, 9.17) is 16.3 Å². The minimum Gasteiger partial charge on any atom is -0.379 e. The predicted octanol–water partition coefficient (Wildman–Crippen LogP) is 3.44. The van der Waals surface area contributed by atoms with Gasteiger partial charge in [-0.15, -0.1) is 0 Å². The fourth-order valence-electron chi connectivity index (χ4n) is 3.07. The molecular weight excluding hydrogens is 356 g/mol. The number of aryl methyl sites for hydroxylation is 1. The lowest BCUT2D eigenvalue weighted by Gasteiger charge is -2.35. The maximum atomic E-state index is 10.9. The lowest BCUT2D eigenvalue weighted by atomic mass is 10.0. The highest BCUT2D eigenvalue weighted by Crippen LogP contribution is 2.25. The van der Waals surface area contributed by atoms with Gasteiger partial charge in [0.25, 0.3) is 5.69 Å². The van der Waals surface area contributed by atoms with Crippen LogP contribution in [0.1, 0.15) is 17.2 Å². The zero-order valence-electron chi connectivity index (χ0n) is 14.5. The summed E-state index contributed by atoms with van der Waals surface area (Å²) in [6.07, 6.45) is 1.30. The van der Waals surface area contributed by atoms with Crippen LogP contribution >= 0.6 is 11.6 Å². The van der Waals surface area contributed by atoms with Crippen molar-refractivity contribution in [3.05, 3.63) is 62.8 Å². The molecule has 1 fully saturated rings. The van der Waals surface area contributed by atoms with Crippen LogP contribution in [0.15, 0.2) is 36.5 Å². The number of pyridine rings is 1. The quantitative estimate of drug-likeness (QED) is 0.614. The first-order valence-corrected chi connectivity index (χ1v) is 8.84. The van der Waals surface area contributed by atoms with Gasteiger partial charge in [0.15, 0.2) is 0 Å². The number of benzene rings is 1. The van der Waals surface area contributed by atoms with Crippen molar-refractivity contribution in [3.8, 4) is 0 Å². The number of anilines is 1. The van der Waals surface area contributed by atoms with Crippen LogP contribution in [0.2, 0.25) is 5.02 Å². The first-order valence-electron chi connectivity index (χ1n) is 8.47. The second-order valence-electron chi connectivity index (χ2n) is 6.21. The van der Waals surface area contributed by atoms with Crippen molar-refractivity contribution in [2.75, 3.05) is 38.2 Å². The van der Waals surface area contributed by atoms with E-state index in [-0.39, 0.29) is 11.7 Å². The van der Waals surface area contributed by atoms with Gasteiger partial charge in [0.2, 0.25) is 0 Å². The zero-order chi connectivity index (χ0) is 18.5. The molecule has 3 rings (SSSR count). The van der Waals surface area contributed by atoms with Crippen molar-refractivity contribution in [1.82, 2.24) is 9.88 Å². The molecule has 0 aliphatic carbocycles. The molecule has 7 nitrogen and oxygen atoms in total. The molecule has 0 bridgehead atoms. The Hall–Kier alpha value is -2.22. The van der Waals surface area contributed by atoms with Crippen LogP contribution in [0.4, 0.5) is 11.5 Å². The summed E-state index contributed by atoms with van der Waals surface area (Å²) in [7, 11) is 0. The summed E-state index contributed by atoms with van der Waals surface area (Å²) in [5, 5.41) is 15.0. The number of morpholine rings is 1. The third-order valence-electron chi connectivity index (χ3n) is 4.50. The third kappa shape index (κ3) is 4.49. The summed E-state index contributed by atoms with van der Waals surface area (Å²) in [4.78, 5) is 17.0. The molecular formula is C18H21ClN4O3. The maximum Gasteiger partial charge on any atom is 0.290 e. The Bertz CT molecular complexity index is 764. The Morgan fingerprint density at radius 2 is 2.04 bits per heavy atom. The smallest absolute Gasteiger partial charge is 0.290 e. The van der Waals surface area contributed by atoms with Gasteiger partial charge in [-0.3, -0.25) is 15.0 Å². The second kappa shape index (κ2) is 8.44. The SMILES string of the molecule is Cc1cc(NCC(c2ccc(Cl)cc2)N2CCOCC2)ncc1[N+](=O)[O-]. The monoisotopic (exact) mass is 376 g/mol. The fourth-order valence-corrected chi connectivity index (χ4v) is 3.20. The fraction of sp³-hybridized carbons (Fsp3) is 0.389. The molecule has 1 N–H and O–H groups in total. The van der Waals surface area contributed by atoms with Gasteiger partial charge in [-0.05, 0) is 30.7 Å². The van der Waals surface area contributed by atoms with Crippen LogP contribution in [-0.4, -0.2) is 47.7 Å². The van der Waals surface area contributed by atoms with E-state index in [0.29, 0.717) is 36.2 Å². The minimum absolute atomic E-state index is 0.0259. The predicted molar refractivity (Wildman–Crippen MR) is 101 cm³/mol. The molecule has 1 unspecified atom stereocenters. The molecule has 2 aromatic rings. The van der Waals surface area contributed by atoms with Crippen molar-refractivity contribution in [3.63, 3.8) is 0 Å². The van der Waals surface area contributed by atoms with Gasteiger partial charge in [0.1, 0.15) is 12.0 Å². The number of nitrogens with zero attached hydrogens (tertiary/aromatic N) is 3. The van der Waals surface area contributed by atoms with E-state index in [1.54, 1.807) is 13.0 Å². The molecule has 138 valence electrons. The Labute approximate surface area is 157 Å². The summed E-state index contributed by atoms with van der Waals surface area (Å²) >= 11 is 6.02. The Balaban J connectivity index is 1.76. The first-order chi connectivity index (χ1) is 12.5. The van der Waals surface area contributed by atoms with E-state index in [0.717, 1.165) is 18.7 Å². The van der Waals surface area contributed by atoms with Crippen LogP contribution in [-0.2, 0) is 4.74 Å². The Morgan fingerprint density at radius 1 is 1.35 bits per heavy atom. The second-order valence-corrected chi connectivity index (χ2v) is 6.65. The van der Waals surface area contributed by atoms with Gasteiger partial charge >= 0.3 is 0 Å². The van der Waals surface area contributed by atoms with Crippen LogP contribution < -0.4 is 5.32 Å². The van der Waals surface area contributed by atoms with Crippen LogP contribution in [0, 0.1) is 17.0 Å². The molecule has 1 aliphatic heterocycles. The average Bonchev–Trinajstić information content (AvgIpc) is 2.64. The molecule has 1 atom stereocenters. The Morgan fingerprint density at radius 3 is 2.65 bits per heavy atom. The highest BCUT2D eigenvalue weighted by molar-refractivity contribution is 6.30. The molecule has 2 heterocycles. The summed E-state index contributed by atoms with van der Waals surface area (Å²) in [5.74, 6) is 0.625. The van der Waals surface area contributed by atoms with Crippen molar-refractivity contribution in [2.24, 2.45) is 0 Å². The highest BCUT2D eigenvalue weighted by atomic mass is 35.5. The molecule has 26 heavy (non-hydrogen) atoms. The number of nitrogens with one attached hydrogen (secondary N) is 1. The number of ether oxygens (including phenoxy) is 1. The molecule has 8 heteroatoms. The van der Waals surface area contributed by atoms with Gasteiger partial charge in [-0.1, -0.05) is 23.7 Å². The lowest BCUT2D eigenvalue weighted by Crippen LogP contribution is -2.41. The van der Waals surface area contributed by atoms with Crippen LogP contribution in [0.3, 0.4) is 0 Å². The topological polar surface area (TPSA) is 80.5 Å². The lowest BCUT2D eigenvalue weighted by molar-refractivity contribution is -0.385. The summed E-state index contributed by atoms with van der Waals surface area (Å²) in [5.41, 5.74) is 1.77. The van der Waals surface area contributed by atoms with Crippen molar-refractivity contribution in [2.45, 2.75) is 13.0 Å². The summed E-state index contributed by atoms with van der Waals surface area (Å²) < 4.78 is 5.46. The van der Waals surface area contributed by atoms with E-state index in [9.17, 15) is 10.1 Å². The molecule has 0 spiro atoms. The first kappa shape index (κ1) is 18.6. The normalized spacial score (nSPS) is 16.2. The van der Waals surface area contributed by atoms with Gasteiger partial charge < -0.3 is 10.1 Å². The number of hydrogen-bond donors (Lipinski definition) is 1. The molecule has 1 aliphatic rings. The average molecular weight is 377 g/mol. The van der Waals surface area contributed by atoms with Gasteiger partial charge in [-0.25, -0.2) is 4.98 Å². The molecule has 1 saturated heterocycles. The molecule has 1 aromatic heterocycles. The Kier molecular flexibility index (Phi) is 6.03. The van der Waals surface area contributed by atoms with Crippen molar-refractivity contribution in [1.29, 1.82) is 0 Å². The van der Waals surface area contributed by atoms with Crippen LogP contribution in [0.25, 0.3) is 0 Å². The van der Waals surface area contributed by atoms with E-state index in [2.05, 4.69) is 15.2 Å². The highest BCUT2D eigenvalue weighted by Gasteiger charge is 2.23. The summed E-state index contributed by atoms with van der Waals surface area (Å²) in [6, 6.07) is 9.67. The largest absolute Gasteiger partial charge is 0.379 e. The maximum absolute atomic E-state index is 10.9. The van der Waals surface area contributed by atoms with E-state index >= 15 is 0 Å².